The smallest absolute Gasteiger partial charge is 0.0910 e. The molecule has 4 heteroatoms. The average molecular weight is 584 g/mol. The first-order chi connectivity index (χ1) is 15.0. The zero-order chi connectivity index (χ0) is 21.3. The van der Waals surface area contributed by atoms with Crippen LogP contribution in [0.1, 0.15) is 69.5 Å². The molecule has 0 N–H and O–H groups in total. The number of hydrogen-bond acceptors (Lipinski definition) is 2. The van der Waals surface area contributed by atoms with Crippen molar-refractivity contribution in [3.63, 3.8) is 0 Å². The fourth-order valence-corrected chi connectivity index (χ4v) is 5.80. The van der Waals surface area contributed by atoms with Crippen molar-refractivity contribution in [2.24, 2.45) is 0 Å². The molecule has 2 nitrogen and oxygen atoms in total. The van der Waals surface area contributed by atoms with E-state index in [0.717, 1.165) is 45.4 Å². The van der Waals surface area contributed by atoms with Crippen molar-refractivity contribution < 1.29 is 65.4 Å². The van der Waals surface area contributed by atoms with Gasteiger partial charge >= 0.3 is 0 Å². The van der Waals surface area contributed by atoms with Crippen molar-refractivity contribution in [2.75, 3.05) is 16.5 Å². The Labute approximate surface area is 249 Å². The van der Waals surface area contributed by atoms with Crippen molar-refractivity contribution >= 4 is 11.4 Å². The molecule has 2 radical (unpaired) electrons. The number of nitrogens with zero attached hydrogens (tertiary/aromatic N) is 2. The number of hydrogen-bond donors (Lipinski definition) is 0. The Morgan fingerprint density at radius 3 is 1.73 bits per heavy atom. The summed E-state index contributed by atoms with van der Waals surface area (Å²) < 4.78 is 0. The molecule has 0 unspecified atom stereocenters. The van der Waals surface area contributed by atoms with Gasteiger partial charge in [0.25, 0.3) is 0 Å². The molecular formula is C29H30N2Y2-2. The number of anilines is 2. The van der Waals surface area contributed by atoms with Gasteiger partial charge in [-0.25, -0.2) is 0 Å². The minimum Gasteiger partial charge on any atom is -0.349 e. The number of fused-ring (bicyclic) bond motifs is 8. The van der Waals surface area contributed by atoms with Crippen LogP contribution in [0.3, 0.4) is 0 Å². The number of benzene rings is 3. The zero-order valence-electron chi connectivity index (χ0n) is 20.3. The average Bonchev–Trinajstić information content (AvgIpc) is 2.77. The summed E-state index contributed by atoms with van der Waals surface area (Å²) in [5, 5.41) is 0. The van der Waals surface area contributed by atoms with Crippen molar-refractivity contribution in [3.05, 3.63) is 92.0 Å². The maximum Gasteiger partial charge on any atom is 0.0910 e. The van der Waals surface area contributed by atoms with Gasteiger partial charge in [0.15, 0.2) is 0 Å². The van der Waals surface area contributed by atoms with Gasteiger partial charge < -0.3 is 21.9 Å². The Morgan fingerprint density at radius 2 is 1.15 bits per heavy atom. The van der Waals surface area contributed by atoms with Crippen LogP contribution in [0.4, 0.5) is 11.4 Å². The quantitative estimate of drug-likeness (QED) is 0.275. The minimum atomic E-state index is 0. The normalized spacial score (nSPS) is 14.9. The van der Waals surface area contributed by atoms with Crippen LogP contribution in [-0.2, 0) is 104 Å². The third-order valence-corrected chi connectivity index (χ3v) is 7.65. The number of aryl methyl sites for hydroxylation is 4. The van der Waals surface area contributed by atoms with E-state index in [9.17, 15) is 0 Å². The summed E-state index contributed by atoms with van der Waals surface area (Å²) in [6.45, 7) is 11.9. The standard InChI is InChI=1S/C29H30N2.2Y/c1-5-20-9-26-15-31-17-30(28(26)13-21(20)6-2)16-27-12-24-10-22-7-18(3)19(4)8-23(22)11-25(24)14-29(27)31;;/h9,12-14H,5-6,10-11,15-17H2,1-4H3;;/q-2;;. The van der Waals surface area contributed by atoms with Gasteiger partial charge in [-0.15, -0.1) is 13.8 Å². The van der Waals surface area contributed by atoms with E-state index in [2.05, 4.69) is 73.9 Å². The van der Waals surface area contributed by atoms with Gasteiger partial charge in [0.05, 0.1) is 6.67 Å². The van der Waals surface area contributed by atoms with Gasteiger partial charge in [-0.1, -0.05) is 49.9 Å². The van der Waals surface area contributed by atoms with Crippen LogP contribution in [-0.4, -0.2) is 6.67 Å². The van der Waals surface area contributed by atoms with Crippen LogP contribution in [0.15, 0.2) is 24.3 Å². The summed E-state index contributed by atoms with van der Waals surface area (Å²) >= 11 is 0. The largest absolute Gasteiger partial charge is 0.349 e. The Balaban J connectivity index is 0.00000130. The molecule has 164 valence electrons. The molecule has 0 saturated carbocycles. The predicted octanol–water partition coefficient (Wildman–Crippen LogP) is 5.82. The predicted molar refractivity (Wildman–Crippen MR) is 128 cm³/mol. The molecule has 0 spiro atoms. The Hall–Kier alpha value is -0.532. The van der Waals surface area contributed by atoms with Crippen LogP contribution in [0, 0.1) is 26.0 Å². The Bertz CT molecular complexity index is 1230. The molecule has 6 rings (SSSR count). The third kappa shape index (κ3) is 4.33. The Morgan fingerprint density at radius 1 is 0.667 bits per heavy atom. The zero-order valence-corrected chi connectivity index (χ0v) is 26.0. The van der Waals surface area contributed by atoms with E-state index < -0.39 is 0 Å². The summed E-state index contributed by atoms with van der Waals surface area (Å²) in [5.41, 5.74) is 17.0. The van der Waals surface area contributed by atoms with Crippen molar-refractivity contribution in [2.45, 2.75) is 66.5 Å². The first-order valence-electron chi connectivity index (χ1n) is 11.8. The second-order valence-electron chi connectivity index (χ2n) is 9.55. The van der Waals surface area contributed by atoms with E-state index in [-0.39, 0.29) is 65.4 Å². The SMILES string of the molecule is CCc1cc2c(cc1CC)N1Cc3cc4c(cc3N(C2)C1)Cc1[c-]c(C)c(C)[c-]c1C4.[Y].[Y]. The summed E-state index contributed by atoms with van der Waals surface area (Å²) in [7, 11) is 0. The van der Waals surface area contributed by atoms with Gasteiger partial charge in [-0.2, -0.15) is 0 Å². The van der Waals surface area contributed by atoms with Gasteiger partial charge in [-0.3, -0.25) is 22.3 Å². The summed E-state index contributed by atoms with van der Waals surface area (Å²) in [6, 6.07) is 17.2. The van der Waals surface area contributed by atoms with Crippen molar-refractivity contribution in [3.8, 4) is 0 Å². The van der Waals surface area contributed by atoms with Crippen LogP contribution < -0.4 is 9.80 Å². The summed E-state index contributed by atoms with van der Waals surface area (Å²) in [4.78, 5) is 5.16. The van der Waals surface area contributed by atoms with E-state index in [1.54, 1.807) is 0 Å². The fraction of sp³-hybridized carbons (Fsp3) is 0.379. The maximum absolute atomic E-state index is 3.64. The van der Waals surface area contributed by atoms with E-state index in [4.69, 9.17) is 0 Å². The third-order valence-electron chi connectivity index (χ3n) is 7.65. The number of rotatable bonds is 2. The second-order valence-corrected chi connectivity index (χ2v) is 9.55. The Kier molecular flexibility index (Phi) is 7.63. The van der Waals surface area contributed by atoms with E-state index >= 15 is 0 Å². The van der Waals surface area contributed by atoms with Gasteiger partial charge in [0.1, 0.15) is 0 Å². The topological polar surface area (TPSA) is 6.48 Å². The molecule has 33 heavy (non-hydrogen) atoms. The molecule has 3 aromatic carbocycles. The van der Waals surface area contributed by atoms with Crippen LogP contribution >= 0.6 is 0 Å². The maximum atomic E-state index is 3.64. The van der Waals surface area contributed by atoms with Crippen LogP contribution in [0.25, 0.3) is 0 Å². The molecule has 1 aliphatic carbocycles. The second kappa shape index (κ2) is 9.85. The van der Waals surface area contributed by atoms with Crippen molar-refractivity contribution in [1.29, 1.82) is 0 Å². The summed E-state index contributed by atoms with van der Waals surface area (Å²) in [5.74, 6) is 0. The molecule has 3 aliphatic rings. The molecule has 0 saturated heterocycles. The molecule has 2 heterocycles. The van der Waals surface area contributed by atoms with Gasteiger partial charge in [0.2, 0.25) is 0 Å². The molecule has 2 bridgehead atoms. The van der Waals surface area contributed by atoms with Gasteiger partial charge in [-0.05, 0) is 47.2 Å². The summed E-state index contributed by atoms with van der Waals surface area (Å²) in [6.07, 6.45) is 4.21. The molecule has 3 aromatic rings. The van der Waals surface area contributed by atoms with Crippen molar-refractivity contribution in [1.82, 2.24) is 0 Å². The fourth-order valence-electron chi connectivity index (χ4n) is 5.80. The molecule has 0 fully saturated rings. The monoisotopic (exact) mass is 584 g/mol. The van der Waals surface area contributed by atoms with Crippen LogP contribution in [0.5, 0.6) is 0 Å². The first kappa shape index (κ1) is 25.6. The molecule has 0 atom stereocenters. The molecule has 0 amide bonds. The molecular weight excluding hydrogens is 554 g/mol. The van der Waals surface area contributed by atoms with E-state index in [1.807, 2.05) is 0 Å². The van der Waals surface area contributed by atoms with Gasteiger partial charge in [0, 0.05) is 89.9 Å². The van der Waals surface area contributed by atoms with E-state index in [0.29, 0.717) is 0 Å². The molecule has 0 aromatic heterocycles. The van der Waals surface area contributed by atoms with E-state index in [1.165, 1.54) is 67.0 Å². The van der Waals surface area contributed by atoms with Crippen LogP contribution in [0.2, 0.25) is 0 Å². The minimum absolute atomic E-state index is 0. The first-order valence-corrected chi connectivity index (χ1v) is 11.8. The molecule has 2 aliphatic heterocycles.